The lowest BCUT2D eigenvalue weighted by atomic mass is 9.97. The average molecular weight is 306 g/mol. The number of hydrogen-bond acceptors (Lipinski definition) is 4. The van der Waals surface area contributed by atoms with Crippen molar-refractivity contribution in [1.29, 1.82) is 0 Å². The van der Waals surface area contributed by atoms with Gasteiger partial charge >= 0.3 is 0 Å². The molecule has 1 aliphatic heterocycles. The van der Waals surface area contributed by atoms with Gasteiger partial charge in [0.2, 0.25) is 0 Å². The molecule has 0 aliphatic carbocycles. The summed E-state index contributed by atoms with van der Waals surface area (Å²) in [5.74, 6) is 0. The molecule has 5 heteroatoms. The third-order valence-corrected chi connectivity index (χ3v) is 4.59. The second-order valence-corrected chi connectivity index (χ2v) is 6.52. The molecule has 0 spiro atoms. The summed E-state index contributed by atoms with van der Waals surface area (Å²) in [4.78, 5) is 0. The summed E-state index contributed by atoms with van der Waals surface area (Å²) in [6, 6.07) is 2.09. The summed E-state index contributed by atoms with van der Waals surface area (Å²) >= 11 is 5.11. The predicted octanol–water partition coefficient (Wildman–Crippen LogP) is 2.14. The van der Waals surface area contributed by atoms with Gasteiger partial charge in [0, 0.05) is 26.1 Å². The van der Waals surface area contributed by atoms with E-state index < -0.39 is 5.60 Å². The van der Waals surface area contributed by atoms with Gasteiger partial charge in [-0.1, -0.05) is 0 Å². The number of ether oxygens (including phenoxy) is 1. The topological polar surface area (TPSA) is 41.5 Å². The molecular weight excluding hydrogens is 290 g/mol. The van der Waals surface area contributed by atoms with Crippen molar-refractivity contribution in [2.45, 2.75) is 31.6 Å². The van der Waals surface area contributed by atoms with E-state index in [1.54, 1.807) is 11.3 Å². The van der Waals surface area contributed by atoms with Gasteiger partial charge in [0.25, 0.3) is 0 Å². The third kappa shape index (κ3) is 2.84. The van der Waals surface area contributed by atoms with Crippen molar-refractivity contribution >= 4 is 27.3 Å². The molecule has 90 valence electrons. The Morgan fingerprint density at radius 2 is 2.56 bits per heavy atom. The van der Waals surface area contributed by atoms with E-state index in [4.69, 9.17) is 4.74 Å². The van der Waals surface area contributed by atoms with Gasteiger partial charge in [-0.2, -0.15) is 0 Å². The van der Waals surface area contributed by atoms with Crippen LogP contribution in [0.3, 0.4) is 0 Å². The number of thiophene rings is 1. The maximum absolute atomic E-state index is 10.2. The fourth-order valence-corrected chi connectivity index (χ4v) is 3.07. The van der Waals surface area contributed by atoms with Crippen LogP contribution in [0.2, 0.25) is 0 Å². The van der Waals surface area contributed by atoms with Gasteiger partial charge in [-0.05, 0) is 39.9 Å². The second kappa shape index (κ2) is 5.14. The first-order chi connectivity index (χ1) is 7.60. The second-order valence-electron chi connectivity index (χ2n) is 4.23. The summed E-state index contributed by atoms with van der Waals surface area (Å²) in [6.07, 6.45) is 0.642. The molecule has 2 atom stereocenters. The standard InChI is InChI=1S/C11H16BrNO2S/c1-8-11(14,2-3-15-8)7-13-5-9-4-10(12)16-6-9/h4,6,8,13-14H,2-3,5,7H2,1H3. The lowest BCUT2D eigenvalue weighted by molar-refractivity contribution is -0.0262. The summed E-state index contributed by atoms with van der Waals surface area (Å²) in [6.45, 7) is 3.96. The molecule has 0 saturated carbocycles. The number of aliphatic hydroxyl groups is 1. The Bertz CT molecular complexity index is 358. The molecule has 0 aromatic carbocycles. The zero-order valence-corrected chi connectivity index (χ0v) is 11.6. The first-order valence-electron chi connectivity index (χ1n) is 5.38. The number of hydrogen-bond donors (Lipinski definition) is 2. The molecule has 1 saturated heterocycles. The highest BCUT2D eigenvalue weighted by Gasteiger charge is 2.38. The van der Waals surface area contributed by atoms with Crippen molar-refractivity contribution in [2.24, 2.45) is 0 Å². The van der Waals surface area contributed by atoms with Crippen LogP contribution in [-0.4, -0.2) is 30.0 Å². The van der Waals surface area contributed by atoms with Gasteiger partial charge in [0.05, 0.1) is 9.89 Å². The van der Waals surface area contributed by atoms with Crippen molar-refractivity contribution in [3.8, 4) is 0 Å². The Kier molecular flexibility index (Phi) is 4.02. The van der Waals surface area contributed by atoms with Crippen molar-refractivity contribution in [3.05, 3.63) is 20.8 Å². The van der Waals surface area contributed by atoms with E-state index in [1.165, 1.54) is 5.56 Å². The maximum Gasteiger partial charge on any atom is 0.105 e. The quantitative estimate of drug-likeness (QED) is 0.895. The SMILES string of the molecule is CC1OCCC1(O)CNCc1csc(Br)c1. The fourth-order valence-electron chi connectivity index (χ4n) is 1.86. The zero-order valence-electron chi connectivity index (χ0n) is 9.20. The van der Waals surface area contributed by atoms with E-state index in [0.717, 1.165) is 10.3 Å². The van der Waals surface area contributed by atoms with Gasteiger partial charge in [0.1, 0.15) is 5.60 Å². The van der Waals surface area contributed by atoms with E-state index in [-0.39, 0.29) is 6.10 Å². The van der Waals surface area contributed by atoms with Crippen LogP contribution in [0.25, 0.3) is 0 Å². The molecular formula is C11H16BrNO2S. The smallest absolute Gasteiger partial charge is 0.105 e. The average Bonchev–Trinajstić information content (AvgIpc) is 2.76. The van der Waals surface area contributed by atoms with Gasteiger partial charge in [-0.3, -0.25) is 0 Å². The summed E-state index contributed by atoms with van der Waals surface area (Å²) < 4.78 is 6.52. The molecule has 0 radical (unpaired) electrons. The van der Waals surface area contributed by atoms with Crippen molar-refractivity contribution in [2.75, 3.05) is 13.2 Å². The Morgan fingerprint density at radius 3 is 3.12 bits per heavy atom. The van der Waals surface area contributed by atoms with Crippen LogP contribution in [0.4, 0.5) is 0 Å². The lowest BCUT2D eigenvalue weighted by Gasteiger charge is -2.26. The van der Waals surface area contributed by atoms with Crippen LogP contribution >= 0.6 is 27.3 Å². The van der Waals surface area contributed by atoms with Gasteiger partial charge < -0.3 is 15.2 Å². The fraction of sp³-hybridized carbons (Fsp3) is 0.636. The van der Waals surface area contributed by atoms with E-state index >= 15 is 0 Å². The van der Waals surface area contributed by atoms with Crippen molar-refractivity contribution in [3.63, 3.8) is 0 Å². The maximum atomic E-state index is 10.2. The minimum absolute atomic E-state index is 0.0748. The molecule has 0 bridgehead atoms. The molecule has 1 fully saturated rings. The molecule has 2 rings (SSSR count). The molecule has 3 nitrogen and oxygen atoms in total. The monoisotopic (exact) mass is 305 g/mol. The van der Waals surface area contributed by atoms with Gasteiger partial charge in [0.15, 0.2) is 0 Å². The lowest BCUT2D eigenvalue weighted by Crippen LogP contribution is -2.45. The highest BCUT2D eigenvalue weighted by atomic mass is 79.9. The predicted molar refractivity (Wildman–Crippen MR) is 68.7 cm³/mol. The highest BCUT2D eigenvalue weighted by molar-refractivity contribution is 9.11. The number of halogens is 1. The zero-order chi connectivity index (χ0) is 11.6. The third-order valence-electron chi connectivity index (χ3n) is 3.04. The van der Waals surface area contributed by atoms with E-state index in [9.17, 15) is 5.11 Å². The Hall–Kier alpha value is 0.0600. The van der Waals surface area contributed by atoms with Crippen LogP contribution in [0, 0.1) is 0 Å². The molecule has 2 heterocycles. The summed E-state index contributed by atoms with van der Waals surface area (Å²) in [5, 5.41) is 15.6. The molecule has 16 heavy (non-hydrogen) atoms. The largest absolute Gasteiger partial charge is 0.386 e. The van der Waals surface area contributed by atoms with Crippen LogP contribution < -0.4 is 5.32 Å². The highest BCUT2D eigenvalue weighted by Crippen LogP contribution is 2.25. The Labute approximate surface area is 108 Å². The van der Waals surface area contributed by atoms with E-state index in [1.807, 2.05) is 6.92 Å². The molecule has 1 aromatic rings. The molecule has 1 aliphatic rings. The van der Waals surface area contributed by atoms with Crippen LogP contribution in [0.5, 0.6) is 0 Å². The first kappa shape index (κ1) is 12.5. The molecule has 0 amide bonds. The Morgan fingerprint density at radius 1 is 1.75 bits per heavy atom. The van der Waals surface area contributed by atoms with Crippen LogP contribution in [0.15, 0.2) is 15.2 Å². The molecule has 2 N–H and O–H groups in total. The number of rotatable bonds is 4. The minimum atomic E-state index is -0.701. The summed E-state index contributed by atoms with van der Waals surface area (Å²) in [7, 11) is 0. The van der Waals surface area contributed by atoms with Crippen molar-refractivity contribution in [1.82, 2.24) is 5.32 Å². The van der Waals surface area contributed by atoms with Crippen molar-refractivity contribution < 1.29 is 9.84 Å². The first-order valence-corrected chi connectivity index (χ1v) is 7.05. The Balaban J connectivity index is 1.79. The minimum Gasteiger partial charge on any atom is -0.386 e. The van der Waals surface area contributed by atoms with E-state index in [0.29, 0.717) is 19.6 Å². The van der Waals surface area contributed by atoms with Gasteiger partial charge in [-0.25, -0.2) is 0 Å². The molecule has 2 unspecified atom stereocenters. The van der Waals surface area contributed by atoms with E-state index in [2.05, 4.69) is 32.7 Å². The number of nitrogens with one attached hydrogen (secondary N) is 1. The molecule has 1 aromatic heterocycles. The normalized spacial score (nSPS) is 29.8. The van der Waals surface area contributed by atoms with Gasteiger partial charge in [-0.15, -0.1) is 11.3 Å². The van der Waals surface area contributed by atoms with Crippen LogP contribution in [0.1, 0.15) is 18.9 Å². The van der Waals surface area contributed by atoms with Crippen LogP contribution in [-0.2, 0) is 11.3 Å². The summed E-state index contributed by atoms with van der Waals surface area (Å²) in [5.41, 5.74) is 0.541.